The van der Waals surface area contributed by atoms with Crippen LogP contribution in [0.25, 0.3) is 0 Å². The van der Waals surface area contributed by atoms with Crippen molar-refractivity contribution < 1.29 is 15.3 Å². The summed E-state index contributed by atoms with van der Waals surface area (Å²) in [5.74, 6) is -0.0228. The van der Waals surface area contributed by atoms with Crippen LogP contribution in [0.1, 0.15) is 23.7 Å². The Morgan fingerprint density at radius 2 is 2.00 bits per heavy atom. The van der Waals surface area contributed by atoms with E-state index in [1.165, 1.54) is 6.07 Å². The minimum absolute atomic E-state index is 0.0228. The lowest BCUT2D eigenvalue weighted by Crippen LogP contribution is -2.23. The van der Waals surface area contributed by atoms with E-state index in [1.807, 2.05) is 0 Å². The molecule has 0 aromatic heterocycles. The summed E-state index contributed by atoms with van der Waals surface area (Å²) in [7, 11) is 1.76. The Labute approximate surface area is 106 Å². The van der Waals surface area contributed by atoms with Gasteiger partial charge in [0.2, 0.25) is 0 Å². The van der Waals surface area contributed by atoms with Crippen molar-refractivity contribution in [3.05, 3.63) is 28.3 Å². The second-order valence-electron chi connectivity index (χ2n) is 4.06. The van der Waals surface area contributed by atoms with Crippen molar-refractivity contribution in [3.63, 3.8) is 0 Å². The van der Waals surface area contributed by atoms with E-state index in [0.717, 1.165) is 0 Å². The second-order valence-corrected chi connectivity index (χ2v) is 4.50. The summed E-state index contributed by atoms with van der Waals surface area (Å²) in [5, 5.41) is 32.8. The van der Waals surface area contributed by atoms with E-state index in [2.05, 4.69) is 5.32 Å². The molecule has 0 saturated carbocycles. The monoisotopic (exact) mass is 259 g/mol. The maximum atomic E-state index is 9.95. The number of benzene rings is 1. The Morgan fingerprint density at radius 1 is 1.35 bits per heavy atom. The molecule has 0 aliphatic rings. The molecule has 0 aliphatic carbocycles. The van der Waals surface area contributed by atoms with Crippen LogP contribution in [0.3, 0.4) is 0 Å². The van der Waals surface area contributed by atoms with Gasteiger partial charge in [-0.25, -0.2) is 0 Å². The molecule has 1 aromatic rings. The Hall–Kier alpha value is -0.810. The van der Waals surface area contributed by atoms with Crippen molar-refractivity contribution in [2.24, 2.45) is 0 Å². The molecule has 2 unspecified atom stereocenters. The number of halogens is 1. The number of aryl methyl sites for hydroxylation is 1. The Morgan fingerprint density at radius 3 is 2.59 bits per heavy atom. The largest absolute Gasteiger partial charge is 0.507 e. The van der Waals surface area contributed by atoms with Gasteiger partial charge in [0.25, 0.3) is 0 Å². The topological polar surface area (TPSA) is 72.7 Å². The van der Waals surface area contributed by atoms with Crippen LogP contribution < -0.4 is 5.32 Å². The zero-order chi connectivity index (χ0) is 13.0. The molecule has 4 N–H and O–H groups in total. The van der Waals surface area contributed by atoms with E-state index in [-0.39, 0.29) is 11.3 Å². The van der Waals surface area contributed by atoms with Crippen LogP contribution in [0, 0.1) is 6.92 Å². The van der Waals surface area contributed by atoms with Gasteiger partial charge in [-0.05, 0) is 44.6 Å². The standard InChI is InChI=1S/C12H18ClNO3/c1-7-5-8(13)6-9(11(7)16)12(17)10(15)3-4-14-2/h5-6,10,12,14-17H,3-4H2,1-2H3. The average molecular weight is 260 g/mol. The quantitative estimate of drug-likeness (QED) is 0.644. The predicted octanol–water partition coefficient (Wildman–Crippen LogP) is 1.36. The Kier molecular flexibility index (Phi) is 5.21. The summed E-state index contributed by atoms with van der Waals surface area (Å²) in [6.45, 7) is 2.27. The average Bonchev–Trinajstić information content (AvgIpc) is 2.29. The fourth-order valence-corrected chi connectivity index (χ4v) is 1.93. The summed E-state index contributed by atoms with van der Waals surface area (Å²) >= 11 is 5.86. The highest BCUT2D eigenvalue weighted by atomic mass is 35.5. The maximum absolute atomic E-state index is 9.95. The number of aliphatic hydroxyl groups is 2. The lowest BCUT2D eigenvalue weighted by molar-refractivity contribution is 0.0127. The van der Waals surface area contributed by atoms with Gasteiger partial charge >= 0.3 is 0 Å². The number of phenols is 1. The van der Waals surface area contributed by atoms with Crippen LogP contribution in [0.4, 0.5) is 0 Å². The van der Waals surface area contributed by atoms with E-state index < -0.39 is 12.2 Å². The van der Waals surface area contributed by atoms with E-state index in [9.17, 15) is 15.3 Å². The molecular weight excluding hydrogens is 242 g/mol. The van der Waals surface area contributed by atoms with Gasteiger partial charge in [-0.3, -0.25) is 0 Å². The Balaban J connectivity index is 2.91. The molecule has 0 aliphatic heterocycles. The molecule has 5 heteroatoms. The molecule has 0 radical (unpaired) electrons. The summed E-state index contributed by atoms with van der Waals surface area (Å²) < 4.78 is 0. The van der Waals surface area contributed by atoms with Gasteiger partial charge in [0.15, 0.2) is 0 Å². The molecule has 0 amide bonds. The van der Waals surface area contributed by atoms with Gasteiger partial charge in [-0.1, -0.05) is 11.6 Å². The maximum Gasteiger partial charge on any atom is 0.124 e. The Bertz CT molecular complexity index is 384. The van der Waals surface area contributed by atoms with E-state index >= 15 is 0 Å². The fourth-order valence-electron chi connectivity index (χ4n) is 1.64. The zero-order valence-corrected chi connectivity index (χ0v) is 10.7. The highest BCUT2D eigenvalue weighted by Crippen LogP contribution is 2.33. The molecule has 0 bridgehead atoms. The van der Waals surface area contributed by atoms with Crippen molar-refractivity contribution in [2.45, 2.75) is 25.6 Å². The normalized spacial score (nSPS) is 14.6. The minimum Gasteiger partial charge on any atom is -0.507 e. The molecule has 1 rings (SSSR count). The molecule has 17 heavy (non-hydrogen) atoms. The first-order chi connectivity index (χ1) is 7.97. The van der Waals surface area contributed by atoms with Crippen molar-refractivity contribution in [1.29, 1.82) is 0 Å². The number of hydrogen-bond donors (Lipinski definition) is 4. The number of rotatable bonds is 5. The molecule has 1 aromatic carbocycles. The van der Waals surface area contributed by atoms with Gasteiger partial charge < -0.3 is 20.6 Å². The van der Waals surface area contributed by atoms with Gasteiger partial charge in [0.05, 0.1) is 6.10 Å². The highest BCUT2D eigenvalue weighted by molar-refractivity contribution is 6.30. The van der Waals surface area contributed by atoms with Crippen molar-refractivity contribution in [2.75, 3.05) is 13.6 Å². The van der Waals surface area contributed by atoms with Gasteiger partial charge in [-0.15, -0.1) is 0 Å². The molecular formula is C12H18ClNO3. The van der Waals surface area contributed by atoms with E-state index in [1.54, 1.807) is 20.0 Å². The molecule has 96 valence electrons. The lowest BCUT2D eigenvalue weighted by atomic mass is 9.99. The second kappa shape index (κ2) is 6.21. The molecule has 0 heterocycles. The summed E-state index contributed by atoms with van der Waals surface area (Å²) in [6, 6.07) is 3.07. The van der Waals surface area contributed by atoms with Crippen LogP contribution >= 0.6 is 11.6 Å². The summed E-state index contributed by atoms with van der Waals surface area (Å²) in [4.78, 5) is 0. The third-order valence-corrected chi connectivity index (χ3v) is 2.89. The fraction of sp³-hybridized carbons (Fsp3) is 0.500. The number of nitrogens with one attached hydrogen (secondary N) is 1. The molecule has 4 nitrogen and oxygen atoms in total. The summed E-state index contributed by atoms with van der Waals surface area (Å²) in [5.41, 5.74) is 0.839. The predicted molar refractivity (Wildman–Crippen MR) is 67.4 cm³/mol. The van der Waals surface area contributed by atoms with Crippen LogP contribution in [-0.4, -0.2) is 35.0 Å². The first-order valence-electron chi connectivity index (χ1n) is 5.47. The van der Waals surface area contributed by atoms with Crippen LogP contribution in [0.5, 0.6) is 5.75 Å². The SMILES string of the molecule is CNCCC(O)C(O)c1cc(Cl)cc(C)c1O. The minimum atomic E-state index is -1.14. The smallest absolute Gasteiger partial charge is 0.124 e. The summed E-state index contributed by atoms with van der Waals surface area (Å²) in [6.07, 6.45) is -1.69. The number of aliphatic hydroxyl groups excluding tert-OH is 2. The van der Waals surface area contributed by atoms with Crippen LogP contribution in [-0.2, 0) is 0 Å². The van der Waals surface area contributed by atoms with Crippen molar-refractivity contribution in [1.82, 2.24) is 5.32 Å². The van der Waals surface area contributed by atoms with E-state index in [0.29, 0.717) is 23.6 Å². The zero-order valence-electron chi connectivity index (χ0n) is 9.94. The first kappa shape index (κ1) is 14.3. The van der Waals surface area contributed by atoms with Gasteiger partial charge in [0.1, 0.15) is 11.9 Å². The van der Waals surface area contributed by atoms with Gasteiger partial charge in [-0.2, -0.15) is 0 Å². The number of aromatic hydroxyl groups is 1. The van der Waals surface area contributed by atoms with E-state index in [4.69, 9.17) is 11.6 Å². The number of hydrogen-bond acceptors (Lipinski definition) is 4. The van der Waals surface area contributed by atoms with Crippen LogP contribution in [0.2, 0.25) is 5.02 Å². The van der Waals surface area contributed by atoms with Crippen molar-refractivity contribution >= 4 is 11.6 Å². The molecule has 0 saturated heterocycles. The third kappa shape index (κ3) is 3.57. The lowest BCUT2D eigenvalue weighted by Gasteiger charge is -2.20. The molecule has 0 spiro atoms. The highest BCUT2D eigenvalue weighted by Gasteiger charge is 2.22. The van der Waals surface area contributed by atoms with Gasteiger partial charge in [0, 0.05) is 10.6 Å². The molecule has 0 fully saturated rings. The van der Waals surface area contributed by atoms with Crippen molar-refractivity contribution in [3.8, 4) is 5.75 Å². The molecule has 2 atom stereocenters. The third-order valence-electron chi connectivity index (χ3n) is 2.67. The first-order valence-corrected chi connectivity index (χ1v) is 5.85. The number of phenolic OH excluding ortho intramolecular Hbond substituents is 1. The van der Waals surface area contributed by atoms with Crippen LogP contribution in [0.15, 0.2) is 12.1 Å².